The van der Waals surface area contributed by atoms with E-state index in [4.69, 9.17) is 21.1 Å². The Morgan fingerprint density at radius 2 is 1.71 bits per heavy atom. The maximum absolute atomic E-state index is 11.9. The Hall–Kier alpha value is -2.58. The molecule has 2 aromatic rings. The second-order valence-electron chi connectivity index (χ2n) is 5.61. The summed E-state index contributed by atoms with van der Waals surface area (Å²) in [6, 6.07) is 11.8. The fourth-order valence-corrected chi connectivity index (χ4v) is 2.59. The highest BCUT2D eigenvalue weighted by Gasteiger charge is 2.13. The maximum Gasteiger partial charge on any atom is 0.306 e. The molecule has 0 aliphatic heterocycles. The first-order chi connectivity index (χ1) is 13.4. The summed E-state index contributed by atoms with van der Waals surface area (Å²) in [5, 5.41) is 5.64. The van der Waals surface area contributed by atoms with Gasteiger partial charge in [-0.3, -0.25) is 14.4 Å². The van der Waals surface area contributed by atoms with Gasteiger partial charge < -0.3 is 20.1 Å². The first-order valence-corrected chi connectivity index (χ1v) is 9.39. The van der Waals surface area contributed by atoms with E-state index in [2.05, 4.69) is 26.6 Å². The number of esters is 1. The number of benzene rings is 2. The van der Waals surface area contributed by atoms with Gasteiger partial charge in [0.2, 0.25) is 5.91 Å². The molecule has 0 aliphatic rings. The molecule has 2 amide bonds. The first kappa shape index (κ1) is 21.7. The number of rotatable bonds is 8. The van der Waals surface area contributed by atoms with Crippen molar-refractivity contribution in [2.45, 2.75) is 12.8 Å². The van der Waals surface area contributed by atoms with Crippen molar-refractivity contribution in [3.8, 4) is 5.75 Å². The smallest absolute Gasteiger partial charge is 0.306 e. The molecule has 0 saturated carbocycles. The molecule has 7 nitrogen and oxygen atoms in total. The van der Waals surface area contributed by atoms with Crippen LogP contribution in [-0.2, 0) is 19.1 Å². The lowest BCUT2D eigenvalue weighted by Crippen LogP contribution is -2.22. The molecule has 2 N–H and O–H groups in total. The summed E-state index contributed by atoms with van der Waals surface area (Å²) in [4.78, 5) is 35.5. The van der Waals surface area contributed by atoms with Gasteiger partial charge >= 0.3 is 5.97 Å². The Morgan fingerprint density at radius 1 is 1.00 bits per heavy atom. The third-order valence-corrected chi connectivity index (χ3v) is 4.25. The second-order valence-corrected chi connectivity index (χ2v) is 6.96. The molecule has 9 heteroatoms. The Morgan fingerprint density at radius 3 is 2.39 bits per heavy atom. The summed E-state index contributed by atoms with van der Waals surface area (Å²) in [5.74, 6) is -1.10. The fraction of sp³-hybridized carbons (Fsp3) is 0.211. The molecular formula is C19H18BrClN2O5. The molecule has 28 heavy (non-hydrogen) atoms. The third kappa shape index (κ3) is 7.21. The molecule has 148 valence electrons. The van der Waals surface area contributed by atoms with Crippen LogP contribution >= 0.6 is 27.5 Å². The number of amides is 2. The Balaban J connectivity index is 1.73. The molecule has 0 saturated heterocycles. The Labute approximate surface area is 175 Å². The van der Waals surface area contributed by atoms with Crippen molar-refractivity contribution in [3.63, 3.8) is 0 Å². The minimum atomic E-state index is -0.654. The van der Waals surface area contributed by atoms with E-state index in [1.165, 1.54) is 13.2 Å². The average Bonchev–Trinajstić information content (AvgIpc) is 2.67. The Kier molecular flexibility index (Phi) is 8.28. The van der Waals surface area contributed by atoms with Crippen molar-refractivity contribution >= 4 is 56.7 Å². The highest BCUT2D eigenvalue weighted by atomic mass is 79.9. The average molecular weight is 470 g/mol. The minimum Gasteiger partial charge on any atom is -0.495 e. The van der Waals surface area contributed by atoms with Gasteiger partial charge in [-0.1, -0.05) is 27.5 Å². The molecule has 0 radical (unpaired) electrons. The lowest BCUT2D eigenvalue weighted by molar-refractivity contribution is -0.147. The number of carbonyl (C=O) groups is 3. The van der Waals surface area contributed by atoms with Crippen LogP contribution < -0.4 is 15.4 Å². The van der Waals surface area contributed by atoms with Gasteiger partial charge in [-0.15, -0.1) is 0 Å². The molecule has 0 atom stereocenters. The van der Waals surface area contributed by atoms with Crippen molar-refractivity contribution in [2.75, 3.05) is 24.4 Å². The van der Waals surface area contributed by atoms with Gasteiger partial charge in [-0.25, -0.2) is 0 Å². The van der Waals surface area contributed by atoms with E-state index >= 15 is 0 Å². The van der Waals surface area contributed by atoms with E-state index in [-0.39, 0.29) is 18.7 Å². The second kappa shape index (κ2) is 10.7. The normalized spacial score (nSPS) is 10.1. The minimum absolute atomic E-state index is 0.0569. The molecule has 0 unspecified atom stereocenters. The summed E-state index contributed by atoms with van der Waals surface area (Å²) in [6.45, 7) is -0.483. The molecule has 0 bridgehead atoms. The number of ether oxygens (including phenoxy) is 2. The van der Waals surface area contributed by atoms with Crippen molar-refractivity contribution in [2.24, 2.45) is 0 Å². The van der Waals surface area contributed by atoms with Crippen LogP contribution in [0.3, 0.4) is 0 Å². The van der Waals surface area contributed by atoms with Gasteiger partial charge in [-0.05, 0) is 42.5 Å². The molecule has 2 aromatic carbocycles. The summed E-state index contributed by atoms with van der Waals surface area (Å²) < 4.78 is 10.9. The summed E-state index contributed by atoms with van der Waals surface area (Å²) >= 11 is 9.19. The summed E-state index contributed by atoms with van der Waals surface area (Å²) in [5.41, 5.74) is 0.987. The van der Waals surface area contributed by atoms with Crippen LogP contribution in [0.25, 0.3) is 0 Å². The zero-order chi connectivity index (χ0) is 20.5. The van der Waals surface area contributed by atoms with Gasteiger partial charge in [0.25, 0.3) is 5.91 Å². The molecular weight excluding hydrogens is 452 g/mol. The fourth-order valence-electron chi connectivity index (χ4n) is 2.15. The van der Waals surface area contributed by atoms with Gasteiger partial charge in [-0.2, -0.15) is 0 Å². The van der Waals surface area contributed by atoms with Crippen LogP contribution in [0.2, 0.25) is 5.02 Å². The number of methoxy groups -OCH3 is 1. The van der Waals surface area contributed by atoms with E-state index in [1.54, 1.807) is 36.4 Å². The van der Waals surface area contributed by atoms with Crippen LogP contribution in [0, 0.1) is 0 Å². The van der Waals surface area contributed by atoms with Crippen LogP contribution in [0.4, 0.5) is 11.4 Å². The number of hydrogen-bond acceptors (Lipinski definition) is 5. The molecule has 2 rings (SSSR count). The predicted octanol–water partition coefficient (Wildman–Crippen LogP) is 4.01. The largest absolute Gasteiger partial charge is 0.495 e. The van der Waals surface area contributed by atoms with Gasteiger partial charge in [0.15, 0.2) is 6.61 Å². The molecule has 0 spiro atoms. The van der Waals surface area contributed by atoms with Crippen LogP contribution in [0.15, 0.2) is 46.9 Å². The van der Waals surface area contributed by atoms with Crippen LogP contribution in [-0.4, -0.2) is 31.5 Å². The standard InChI is InChI=1S/C19H18BrClN2O5/c1-27-16-7-4-13(21)10-15(16)23-18(25)11-28-19(26)9-8-17(24)22-14-5-2-12(20)3-6-14/h2-7,10H,8-9,11H2,1H3,(H,22,24)(H,23,25). The van der Waals surface area contributed by atoms with Crippen molar-refractivity contribution < 1.29 is 23.9 Å². The highest BCUT2D eigenvalue weighted by molar-refractivity contribution is 9.10. The monoisotopic (exact) mass is 468 g/mol. The van der Waals surface area contributed by atoms with E-state index in [0.29, 0.717) is 22.1 Å². The van der Waals surface area contributed by atoms with Gasteiger partial charge in [0, 0.05) is 21.6 Å². The zero-order valence-electron chi connectivity index (χ0n) is 15.0. The van der Waals surface area contributed by atoms with E-state index in [9.17, 15) is 14.4 Å². The van der Waals surface area contributed by atoms with E-state index in [1.807, 2.05) is 0 Å². The quantitative estimate of drug-likeness (QED) is 0.570. The summed E-state index contributed by atoms with van der Waals surface area (Å²) in [6.07, 6.45) is -0.200. The predicted molar refractivity (Wildman–Crippen MR) is 110 cm³/mol. The maximum atomic E-state index is 11.9. The number of carbonyl (C=O) groups excluding carboxylic acids is 3. The molecule has 0 heterocycles. The topological polar surface area (TPSA) is 93.7 Å². The third-order valence-electron chi connectivity index (χ3n) is 3.48. The number of hydrogen-bond donors (Lipinski definition) is 2. The number of halogens is 2. The first-order valence-electron chi connectivity index (χ1n) is 8.22. The number of nitrogens with one attached hydrogen (secondary N) is 2. The Bertz CT molecular complexity index is 858. The van der Waals surface area contributed by atoms with Crippen LogP contribution in [0.5, 0.6) is 5.75 Å². The van der Waals surface area contributed by atoms with Gasteiger partial charge in [0.1, 0.15) is 5.75 Å². The molecule has 0 fully saturated rings. The lowest BCUT2D eigenvalue weighted by atomic mass is 10.2. The summed E-state index contributed by atoms with van der Waals surface area (Å²) in [7, 11) is 1.46. The van der Waals surface area contributed by atoms with Crippen molar-refractivity contribution in [1.29, 1.82) is 0 Å². The van der Waals surface area contributed by atoms with Crippen molar-refractivity contribution in [1.82, 2.24) is 0 Å². The lowest BCUT2D eigenvalue weighted by Gasteiger charge is -2.11. The molecule has 0 aliphatic carbocycles. The molecule has 0 aromatic heterocycles. The van der Waals surface area contributed by atoms with E-state index < -0.39 is 18.5 Å². The highest BCUT2D eigenvalue weighted by Crippen LogP contribution is 2.27. The van der Waals surface area contributed by atoms with E-state index in [0.717, 1.165) is 4.47 Å². The SMILES string of the molecule is COc1ccc(Cl)cc1NC(=O)COC(=O)CCC(=O)Nc1ccc(Br)cc1. The number of anilines is 2. The van der Waals surface area contributed by atoms with Gasteiger partial charge in [0.05, 0.1) is 19.2 Å². The van der Waals surface area contributed by atoms with Crippen molar-refractivity contribution in [3.05, 3.63) is 52.0 Å². The van der Waals surface area contributed by atoms with Crippen LogP contribution in [0.1, 0.15) is 12.8 Å². The zero-order valence-corrected chi connectivity index (χ0v) is 17.3.